The van der Waals surface area contributed by atoms with Crippen LogP contribution in [0.1, 0.15) is 25.5 Å². The van der Waals surface area contributed by atoms with Crippen LogP contribution in [-0.4, -0.2) is 59.4 Å². The van der Waals surface area contributed by atoms with Gasteiger partial charge in [0.15, 0.2) is 0 Å². The molecule has 2 fully saturated rings. The maximum Gasteiger partial charge on any atom is 0.228 e. The summed E-state index contributed by atoms with van der Waals surface area (Å²) in [6.07, 6.45) is 2.34. The largest absolute Gasteiger partial charge is 0.493 e. The Labute approximate surface area is 169 Å². The molecular weight excluding hydrogens is 374 g/mol. The van der Waals surface area contributed by atoms with E-state index in [4.69, 9.17) is 4.74 Å². The molecule has 1 aromatic carbocycles. The van der Waals surface area contributed by atoms with Gasteiger partial charge < -0.3 is 14.5 Å². The molecule has 2 aliphatic rings. The van der Waals surface area contributed by atoms with Crippen molar-refractivity contribution in [1.82, 2.24) is 14.8 Å². The van der Waals surface area contributed by atoms with Crippen molar-refractivity contribution in [1.29, 1.82) is 0 Å². The van der Waals surface area contributed by atoms with Gasteiger partial charge in [-0.2, -0.15) is 0 Å². The molecule has 0 spiro atoms. The van der Waals surface area contributed by atoms with E-state index in [1.54, 1.807) is 0 Å². The number of carbonyl (C=O) groups excluding carboxylic acids is 2. The molecule has 0 unspecified atom stereocenters. The predicted molar refractivity (Wildman–Crippen MR) is 108 cm³/mol. The topological polar surface area (TPSA) is 62.7 Å². The number of thiazole rings is 1. The third kappa shape index (κ3) is 4.19. The normalized spacial score (nSPS) is 16.9. The summed E-state index contributed by atoms with van der Waals surface area (Å²) >= 11 is 1.53. The zero-order valence-electron chi connectivity index (χ0n) is 16.1. The molecule has 1 aromatic heterocycles. The number of para-hydroxylation sites is 1. The van der Waals surface area contributed by atoms with Crippen molar-refractivity contribution in [3.05, 3.63) is 35.3 Å². The van der Waals surface area contributed by atoms with Gasteiger partial charge in [0.2, 0.25) is 11.8 Å². The molecule has 28 heavy (non-hydrogen) atoms. The zero-order valence-corrected chi connectivity index (χ0v) is 16.9. The number of hydrogen-bond donors (Lipinski definition) is 0. The third-order valence-corrected chi connectivity index (χ3v) is 6.10. The maximum absolute atomic E-state index is 12.7. The highest BCUT2D eigenvalue weighted by Gasteiger charge is 2.35. The summed E-state index contributed by atoms with van der Waals surface area (Å²) in [7, 11) is 0. The summed E-state index contributed by atoms with van der Waals surface area (Å²) in [4.78, 5) is 33.2. The summed E-state index contributed by atoms with van der Waals surface area (Å²) < 4.78 is 5.69. The minimum atomic E-state index is 0.0773. The molecule has 2 heterocycles. The molecule has 1 aliphatic carbocycles. The van der Waals surface area contributed by atoms with Crippen molar-refractivity contribution in [3.63, 3.8) is 0 Å². The van der Waals surface area contributed by atoms with Crippen LogP contribution in [0, 0.1) is 5.92 Å². The Hall–Kier alpha value is -2.41. The number of piperazine rings is 1. The predicted octanol–water partition coefficient (Wildman–Crippen LogP) is 2.83. The fourth-order valence-corrected chi connectivity index (χ4v) is 4.32. The van der Waals surface area contributed by atoms with Crippen LogP contribution in [0.25, 0.3) is 10.6 Å². The van der Waals surface area contributed by atoms with E-state index < -0.39 is 0 Å². The maximum atomic E-state index is 12.7. The monoisotopic (exact) mass is 399 g/mol. The SMILES string of the molecule is CCOc1ccccc1-c1nc(CC(=O)N2CCN(C(=O)C3CC3)CC2)cs1. The van der Waals surface area contributed by atoms with Crippen LogP contribution >= 0.6 is 11.3 Å². The van der Waals surface area contributed by atoms with Gasteiger partial charge in [-0.1, -0.05) is 12.1 Å². The molecule has 4 rings (SSSR count). The van der Waals surface area contributed by atoms with Crippen LogP contribution < -0.4 is 4.74 Å². The Morgan fingerprint density at radius 1 is 1.14 bits per heavy atom. The number of ether oxygens (including phenoxy) is 1. The summed E-state index contributed by atoms with van der Waals surface area (Å²) in [5.41, 5.74) is 1.74. The van der Waals surface area contributed by atoms with Gasteiger partial charge in [0, 0.05) is 37.5 Å². The van der Waals surface area contributed by atoms with Gasteiger partial charge in [-0.05, 0) is 31.9 Å². The van der Waals surface area contributed by atoms with Crippen LogP contribution in [0.4, 0.5) is 0 Å². The quantitative estimate of drug-likeness (QED) is 0.749. The summed E-state index contributed by atoms with van der Waals surface area (Å²) in [6.45, 7) is 5.07. The first kappa shape index (κ1) is 18.9. The van der Waals surface area contributed by atoms with E-state index in [0.29, 0.717) is 39.2 Å². The number of benzene rings is 1. The lowest BCUT2D eigenvalue weighted by Crippen LogP contribution is -2.51. The lowest BCUT2D eigenvalue weighted by molar-refractivity contribution is -0.140. The lowest BCUT2D eigenvalue weighted by Gasteiger charge is -2.34. The Morgan fingerprint density at radius 3 is 2.57 bits per heavy atom. The minimum Gasteiger partial charge on any atom is -0.493 e. The van der Waals surface area contributed by atoms with Crippen molar-refractivity contribution in [3.8, 4) is 16.3 Å². The van der Waals surface area contributed by atoms with Gasteiger partial charge in [0.05, 0.1) is 24.3 Å². The number of amides is 2. The van der Waals surface area contributed by atoms with Crippen LogP contribution in [0.5, 0.6) is 5.75 Å². The molecule has 0 radical (unpaired) electrons. The van der Waals surface area contributed by atoms with Gasteiger partial charge in [-0.3, -0.25) is 9.59 Å². The second-order valence-corrected chi connectivity index (χ2v) is 8.09. The summed E-state index contributed by atoms with van der Waals surface area (Å²) in [5, 5.41) is 2.81. The Morgan fingerprint density at radius 2 is 1.86 bits per heavy atom. The minimum absolute atomic E-state index is 0.0773. The number of rotatable bonds is 6. The lowest BCUT2D eigenvalue weighted by atomic mass is 10.2. The van der Waals surface area contributed by atoms with Crippen molar-refractivity contribution in [2.75, 3.05) is 32.8 Å². The second kappa shape index (κ2) is 8.31. The van der Waals surface area contributed by atoms with E-state index in [9.17, 15) is 9.59 Å². The summed E-state index contributed by atoms with van der Waals surface area (Å²) in [5.74, 6) is 1.40. The average Bonchev–Trinajstić information content (AvgIpc) is 3.47. The molecule has 1 aliphatic heterocycles. The fourth-order valence-electron chi connectivity index (χ4n) is 3.47. The number of carbonyl (C=O) groups is 2. The first-order valence-electron chi connectivity index (χ1n) is 9.89. The van der Waals surface area contributed by atoms with Crippen LogP contribution in [0.3, 0.4) is 0 Å². The highest BCUT2D eigenvalue weighted by atomic mass is 32.1. The average molecular weight is 400 g/mol. The molecule has 0 N–H and O–H groups in total. The van der Waals surface area contributed by atoms with Gasteiger partial charge in [-0.25, -0.2) is 4.98 Å². The van der Waals surface area contributed by atoms with E-state index in [-0.39, 0.29) is 17.7 Å². The van der Waals surface area contributed by atoms with E-state index in [1.807, 2.05) is 46.4 Å². The van der Waals surface area contributed by atoms with Crippen LogP contribution in [0.2, 0.25) is 0 Å². The summed E-state index contributed by atoms with van der Waals surface area (Å²) in [6, 6.07) is 7.84. The molecule has 148 valence electrons. The Kier molecular flexibility index (Phi) is 5.62. The molecule has 6 nitrogen and oxygen atoms in total. The Bertz CT molecular complexity index is 854. The molecule has 1 saturated heterocycles. The molecular formula is C21H25N3O3S. The fraction of sp³-hybridized carbons (Fsp3) is 0.476. The van der Waals surface area contributed by atoms with Crippen molar-refractivity contribution < 1.29 is 14.3 Å². The Balaban J connectivity index is 1.35. The highest BCUT2D eigenvalue weighted by Crippen LogP contribution is 2.33. The van der Waals surface area contributed by atoms with Crippen molar-refractivity contribution >= 4 is 23.2 Å². The first-order valence-corrected chi connectivity index (χ1v) is 10.8. The van der Waals surface area contributed by atoms with E-state index in [0.717, 1.165) is 34.9 Å². The molecule has 7 heteroatoms. The van der Waals surface area contributed by atoms with E-state index >= 15 is 0 Å². The van der Waals surface area contributed by atoms with E-state index in [2.05, 4.69) is 4.98 Å². The van der Waals surface area contributed by atoms with Gasteiger partial charge in [0.1, 0.15) is 10.8 Å². The molecule has 2 amide bonds. The smallest absolute Gasteiger partial charge is 0.228 e. The molecule has 1 saturated carbocycles. The van der Waals surface area contributed by atoms with Crippen molar-refractivity contribution in [2.24, 2.45) is 5.92 Å². The first-order chi connectivity index (χ1) is 13.7. The second-order valence-electron chi connectivity index (χ2n) is 7.23. The third-order valence-electron chi connectivity index (χ3n) is 5.17. The number of aromatic nitrogens is 1. The molecule has 0 atom stereocenters. The zero-order chi connectivity index (χ0) is 19.5. The van der Waals surface area contributed by atoms with Crippen LogP contribution in [-0.2, 0) is 16.0 Å². The van der Waals surface area contributed by atoms with Crippen molar-refractivity contribution in [2.45, 2.75) is 26.2 Å². The number of hydrogen-bond acceptors (Lipinski definition) is 5. The van der Waals surface area contributed by atoms with Gasteiger partial charge in [-0.15, -0.1) is 11.3 Å². The van der Waals surface area contributed by atoms with Crippen LogP contribution in [0.15, 0.2) is 29.6 Å². The standard InChI is InChI=1S/C21H25N3O3S/c1-2-27-18-6-4-3-5-17(18)20-22-16(14-28-20)13-19(25)23-9-11-24(12-10-23)21(26)15-7-8-15/h3-6,14-15H,2,7-13H2,1H3. The van der Waals surface area contributed by atoms with Gasteiger partial charge in [0.25, 0.3) is 0 Å². The molecule has 2 aromatic rings. The van der Waals surface area contributed by atoms with E-state index in [1.165, 1.54) is 11.3 Å². The van der Waals surface area contributed by atoms with Gasteiger partial charge >= 0.3 is 0 Å². The molecule has 0 bridgehead atoms. The highest BCUT2D eigenvalue weighted by molar-refractivity contribution is 7.13. The number of nitrogens with zero attached hydrogens (tertiary/aromatic N) is 3.